The van der Waals surface area contributed by atoms with Crippen LogP contribution in [0.15, 0.2) is 18.2 Å². The molecule has 2 nitrogen and oxygen atoms in total. The van der Waals surface area contributed by atoms with E-state index in [2.05, 4.69) is 36.9 Å². The molecule has 2 rings (SSSR count). The molecule has 0 spiro atoms. The van der Waals surface area contributed by atoms with Crippen LogP contribution in [0.1, 0.15) is 29.5 Å². The first-order valence-corrected chi connectivity index (χ1v) is 6.21. The topological polar surface area (TPSA) is 29.3 Å². The number of rotatable bonds is 3. The number of aryl methyl sites for hydroxylation is 2. The highest BCUT2D eigenvalue weighted by Crippen LogP contribution is 2.21. The molecule has 1 aliphatic heterocycles. The summed E-state index contributed by atoms with van der Waals surface area (Å²) in [5.41, 5.74) is 10.0. The van der Waals surface area contributed by atoms with Crippen LogP contribution in [-0.4, -0.2) is 24.0 Å². The molecular formula is C14H23ClN2. The quantitative estimate of drug-likeness (QED) is 0.899. The van der Waals surface area contributed by atoms with Crippen molar-refractivity contribution in [3.8, 4) is 0 Å². The van der Waals surface area contributed by atoms with Gasteiger partial charge in [0, 0.05) is 19.1 Å². The fourth-order valence-electron chi connectivity index (χ4n) is 2.56. The van der Waals surface area contributed by atoms with Crippen LogP contribution in [-0.2, 0) is 6.54 Å². The molecule has 0 aliphatic carbocycles. The third-order valence-corrected chi connectivity index (χ3v) is 3.65. The molecule has 17 heavy (non-hydrogen) atoms. The number of nitrogens with two attached hydrogens (primary N) is 1. The summed E-state index contributed by atoms with van der Waals surface area (Å²) in [7, 11) is 0. The van der Waals surface area contributed by atoms with Gasteiger partial charge in [-0.05, 0) is 44.4 Å². The normalized spacial score (nSPS) is 20.3. The summed E-state index contributed by atoms with van der Waals surface area (Å²) in [4.78, 5) is 2.53. The maximum absolute atomic E-state index is 5.80. The minimum Gasteiger partial charge on any atom is -0.329 e. The Morgan fingerprint density at radius 2 is 2.12 bits per heavy atom. The first-order chi connectivity index (χ1) is 7.70. The van der Waals surface area contributed by atoms with Crippen molar-refractivity contribution >= 4 is 12.4 Å². The number of halogens is 1. The van der Waals surface area contributed by atoms with Gasteiger partial charge in [0.1, 0.15) is 0 Å². The second kappa shape index (κ2) is 6.39. The minimum atomic E-state index is 0. The van der Waals surface area contributed by atoms with Gasteiger partial charge in [-0.25, -0.2) is 0 Å². The molecule has 0 radical (unpaired) electrons. The number of nitrogens with zero attached hydrogens (tertiary/aromatic N) is 1. The summed E-state index contributed by atoms with van der Waals surface area (Å²) in [5, 5.41) is 0. The lowest BCUT2D eigenvalue weighted by atomic mass is 10.0. The van der Waals surface area contributed by atoms with Crippen LogP contribution in [0.4, 0.5) is 0 Å². The zero-order chi connectivity index (χ0) is 11.5. The highest BCUT2D eigenvalue weighted by molar-refractivity contribution is 5.85. The SMILES string of the molecule is Cc1ccc(C)c(CN2CCCC2CN)c1.Cl. The van der Waals surface area contributed by atoms with E-state index in [1.54, 1.807) is 0 Å². The fraction of sp³-hybridized carbons (Fsp3) is 0.571. The molecule has 96 valence electrons. The molecule has 0 aromatic heterocycles. The van der Waals surface area contributed by atoms with E-state index < -0.39 is 0 Å². The standard InChI is InChI=1S/C14H22N2.ClH/c1-11-5-6-12(2)13(8-11)10-16-7-3-4-14(16)9-15;/h5-6,8,14H,3-4,7,9-10,15H2,1-2H3;1H. The van der Waals surface area contributed by atoms with Gasteiger partial charge in [0.15, 0.2) is 0 Å². The maximum Gasteiger partial charge on any atom is 0.0239 e. The zero-order valence-corrected chi connectivity index (χ0v) is 11.6. The number of benzene rings is 1. The summed E-state index contributed by atoms with van der Waals surface area (Å²) in [5.74, 6) is 0. The zero-order valence-electron chi connectivity index (χ0n) is 10.8. The average molecular weight is 255 g/mol. The molecule has 1 aliphatic rings. The Hall–Kier alpha value is -0.570. The minimum absolute atomic E-state index is 0. The van der Waals surface area contributed by atoms with Gasteiger partial charge in [-0.3, -0.25) is 4.90 Å². The van der Waals surface area contributed by atoms with Gasteiger partial charge in [0.25, 0.3) is 0 Å². The number of hydrogen-bond donors (Lipinski definition) is 1. The Balaban J connectivity index is 0.00000144. The Morgan fingerprint density at radius 3 is 2.82 bits per heavy atom. The lowest BCUT2D eigenvalue weighted by Crippen LogP contribution is -2.35. The Kier molecular flexibility index (Phi) is 5.44. The summed E-state index contributed by atoms with van der Waals surface area (Å²) in [6.07, 6.45) is 2.56. The van der Waals surface area contributed by atoms with E-state index in [4.69, 9.17) is 5.73 Å². The van der Waals surface area contributed by atoms with Gasteiger partial charge in [0.05, 0.1) is 0 Å². The Labute approximate surface area is 111 Å². The third kappa shape index (κ3) is 3.44. The predicted molar refractivity (Wildman–Crippen MR) is 75.7 cm³/mol. The molecule has 3 heteroatoms. The fourth-order valence-corrected chi connectivity index (χ4v) is 2.56. The van der Waals surface area contributed by atoms with Crippen LogP contribution in [0, 0.1) is 13.8 Å². The second-order valence-electron chi connectivity index (χ2n) is 4.93. The third-order valence-electron chi connectivity index (χ3n) is 3.65. The maximum atomic E-state index is 5.80. The molecule has 1 unspecified atom stereocenters. The molecule has 1 aromatic rings. The van der Waals surface area contributed by atoms with Gasteiger partial charge < -0.3 is 5.73 Å². The second-order valence-corrected chi connectivity index (χ2v) is 4.93. The van der Waals surface area contributed by atoms with Crippen LogP contribution < -0.4 is 5.73 Å². The van der Waals surface area contributed by atoms with Crippen molar-refractivity contribution in [3.05, 3.63) is 34.9 Å². The highest BCUT2D eigenvalue weighted by atomic mass is 35.5. The lowest BCUT2D eigenvalue weighted by molar-refractivity contribution is 0.250. The van der Waals surface area contributed by atoms with Crippen LogP contribution in [0.3, 0.4) is 0 Å². The van der Waals surface area contributed by atoms with Crippen LogP contribution in [0.25, 0.3) is 0 Å². The predicted octanol–water partition coefficient (Wildman–Crippen LogP) is 2.65. The first-order valence-electron chi connectivity index (χ1n) is 6.21. The summed E-state index contributed by atoms with van der Waals surface area (Å²) >= 11 is 0. The lowest BCUT2D eigenvalue weighted by Gasteiger charge is -2.24. The van der Waals surface area contributed by atoms with Gasteiger partial charge in [-0.2, -0.15) is 0 Å². The van der Waals surface area contributed by atoms with Crippen molar-refractivity contribution in [2.24, 2.45) is 5.73 Å². The van der Waals surface area contributed by atoms with Gasteiger partial charge in [-0.1, -0.05) is 23.8 Å². The molecule has 1 saturated heterocycles. The molecule has 0 bridgehead atoms. The van der Waals surface area contributed by atoms with E-state index in [9.17, 15) is 0 Å². The molecule has 1 atom stereocenters. The van der Waals surface area contributed by atoms with E-state index in [-0.39, 0.29) is 12.4 Å². The van der Waals surface area contributed by atoms with Crippen molar-refractivity contribution in [2.45, 2.75) is 39.3 Å². The Morgan fingerprint density at radius 1 is 1.35 bits per heavy atom. The first kappa shape index (κ1) is 14.5. The average Bonchev–Trinajstić information content (AvgIpc) is 2.71. The van der Waals surface area contributed by atoms with Crippen LogP contribution >= 0.6 is 12.4 Å². The van der Waals surface area contributed by atoms with E-state index in [0.29, 0.717) is 6.04 Å². The van der Waals surface area contributed by atoms with Crippen molar-refractivity contribution < 1.29 is 0 Å². The molecule has 1 fully saturated rings. The summed E-state index contributed by atoms with van der Waals surface area (Å²) < 4.78 is 0. The van der Waals surface area contributed by atoms with Crippen molar-refractivity contribution in [3.63, 3.8) is 0 Å². The Bertz CT molecular complexity index is 365. The highest BCUT2D eigenvalue weighted by Gasteiger charge is 2.23. The van der Waals surface area contributed by atoms with Crippen molar-refractivity contribution in [1.82, 2.24) is 4.90 Å². The van der Waals surface area contributed by atoms with Crippen LogP contribution in [0.2, 0.25) is 0 Å². The number of likely N-dealkylation sites (tertiary alicyclic amines) is 1. The molecule has 0 amide bonds. The van der Waals surface area contributed by atoms with Gasteiger partial charge >= 0.3 is 0 Å². The number of hydrogen-bond acceptors (Lipinski definition) is 2. The largest absolute Gasteiger partial charge is 0.329 e. The molecule has 0 saturated carbocycles. The molecule has 1 aromatic carbocycles. The molecule has 1 heterocycles. The van der Waals surface area contributed by atoms with Crippen molar-refractivity contribution in [2.75, 3.05) is 13.1 Å². The van der Waals surface area contributed by atoms with E-state index >= 15 is 0 Å². The molecule has 2 N–H and O–H groups in total. The smallest absolute Gasteiger partial charge is 0.0239 e. The monoisotopic (exact) mass is 254 g/mol. The van der Waals surface area contributed by atoms with E-state index in [1.807, 2.05) is 0 Å². The van der Waals surface area contributed by atoms with Gasteiger partial charge in [0.2, 0.25) is 0 Å². The van der Waals surface area contributed by atoms with E-state index in [1.165, 1.54) is 36.1 Å². The molecular weight excluding hydrogens is 232 g/mol. The van der Waals surface area contributed by atoms with Gasteiger partial charge in [-0.15, -0.1) is 12.4 Å². The van der Waals surface area contributed by atoms with Crippen LogP contribution in [0.5, 0.6) is 0 Å². The summed E-state index contributed by atoms with van der Waals surface area (Å²) in [6, 6.07) is 7.31. The van der Waals surface area contributed by atoms with Crippen molar-refractivity contribution in [1.29, 1.82) is 0 Å². The summed E-state index contributed by atoms with van der Waals surface area (Å²) in [6.45, 7) is 7.42. The van der Waals surface area contributed by atoms with E-state index in [0.717, 1.165) is 13.1 Å².